The minimum atomic E-state index is 0.0587. The van der Waals surface area contributed by atoms with Crippen LogP contribution in [-0.4, -0.2) is 24.0 Å². The van der Waals surface area contributed by atoms with Crippen molar-refractivity contribution in [2.45, 2.75) is 19.9 Å². The third kappa shape index (κ3) is 2.85. The van der Waals surface area contributed by atoms with Crippen molar-refractivity contribution < 1.29 is 9.53 Å². The van der Waals surface area contributed by atoms with Crippen LogP contribution in [0.1, 0.15) is 16.0 Å². The molecule has 1 aromatic carbocycles. The molecular weight excluding hydrogens is 270 g/mol. The van der Waals surface area contributed by atoms with Gasteiger partial charge in [0.25, 0.3) is 5.91 Å². The van der Waals surface area contributed by atoms with Crippen molar-refractivity contribution >= 4 is 17.2 Å². The lowest BCUT2D eigenvalue weighted by atomic mass is 10.1. The predicted molar refractivity (Wildman–Crippen MR) is 80.1 cm³/mol. The standard InChI is InChI=1S/C16H17NO2S/c1-12-3-2-4-14(9-12)19-11-16(18)17-7-5-15-13(10-17)6-8-20-15/h2-4,6,8-9H,5,7,10-11H2,1H3. The van der Waals surface area contributed by atoms with E-state index in [1.165, 1.54) is 10.4 Å². The zero-order chi connectivity index (χ0) is 13.9. The summed E-state index contributed by atoms with van der Waals surface area (Å²) in [6.07, 6.45) is 0.961. The highest BCUT2D eigenvalue weighted by Crippen LogP contribution is 2.24. The maximum atomic E-state index is 12.2. The van der Waals surface area contributed by atoms with E-state index in [-0.39, 0.29) is 12.5 Å². The molecule has 4 heteroatoms. The Balaban J connectivity index is 1.58. The Hall–Kier alpha value is -1.81. The van der Waals surface area contributed by atoms with Crippen LogP contribution in [0.2, 0.25) is 0 Å². The van der Waals surface area contributed by atoms with Gasteiger partial charge in [0.15, 0.2) is 6.61 Å². The molecule has 1 aliphatic heterocycles. The normalized spacial score (nSPS) is 13.9. The largest absolute Gasteiger partial charge is 0.484 e. The molecule has 2 aromatic rings. The van der Waals surface area contributed by atoms with Crippen molar-refractivity contribution in [1.29, 1.82) is 0 Å². The highest BCUT2D eigenvalue weighted by molar-refractivity contribution is 7.10. The number of carbonyl (C=O) groups is 1. The molecule has 0 bridgehead atoms. The summed E-state index contributed by atoms with van der Waals surface area (Å²) in [6.45, 7) is 3.64. The summed E-state index contributed by atoms with van der Waals surface area (Å²) < 4.78 is 5.58. The van der Waals surface area contributed by atoms with Crippen LogP contribution < -0.4 is 4.74 Å². The van der Waals surface area contributed by atoms with Crippen molar-refractivity contribution in [2.75, 3.05) is 13.2 Å². The van der Waals surface area contributed by atoms with Crippen LogP contribution in [0.3, 0.4) is 0 Å². The van der Waals surface area contributed by atoms with Crippen molar-refractivity contribution in [3.63, 3.8) is 0 Å². The first-order valence-electron chi connectivity index (χ1n) is 6.75. The Kier molecular flexibility index (Phi) is 3.74. The fourth-order valence-electron chi connectivity index (χ4n) is 2.40. The minimum absolute atomic E-state index is 0.0587. The van der Waals surface area contributed by atoms with Gasteiger partial charge in [-0.3, -0.25) is 4.79 Å². The average molecular weight is 287 g/mol. The lowest BCUT2D eigenvalue weighted by Gasteiger charge is -2.27. The topological polar surface area (TPSA) is 29.5 Å². The molecule has 0 atom stereocenters. The van der Waals surface area contributed by atoms with Crippen LogP contribution in [0.5, 0.6) is 5.75 Å². The van der Waals surface area contributed by atoms with Crippen LogP contribution in [0.15, 0.2) is 35.7 Å². The highest BCUT2D eigenvalue weighted by Gasteiger charge is 2.21. The first-order valence-corrected chi connectivity index (χ1v) is 7.63. The summed E-state index contributed by atoms with van der Waals surface area (Å²) in [5.41, 5.74) is 2.42. The summed E-state index contributed by atoms with van der Waals surface area (Å²) in [5, 5.41) is 2.10. The monoisotopic (exact) mass is 287 g/mol. The van der Waals surface area contributed by atoms with Gasteiger partial charge in [0.05, 0.1) is 0 Å². The number of rotatable bonds is 3. The summed E-state index contributed by atoms with van der Waals surface area (Å²) in [6, 6.07) is 9.89. The molecule has 0 saturated heterocycles. The average Bonchev–Trinajstić information content (AvgIpc) is 2.92. The Morgan fingerprint density at radius 1 is 1.40 bits per heavy atom. The quantitative estimate of drug-likeness (QED) is 0.868. The van der Waals surface area contributed by atoms with E-state index >= 15 is 0 Å². The molecule has 3 rings (SSSR count). The Morgan fingerprint density at radius 3 is 3.15 bits per heavy atom. The number of amides is 1. The number of hydrogen-bond donors (Lipinski definition) is 0. The molecule has 3 nitrogen and oxygen atoms in total. The number of aryl methyl sites for hydroxylation is 1. The SMILES string of the molecule is Cc1cccc(OCC(=O)N2CCc3sccc3C2)c1. The van der Waals surface area contributed by atoms with E-state index in [9.17, 15) is 4.79 Å². The summed E-state index contributed by atoms with van der Waals surface area (Å²) >= 11 is 1.78. The molecule has 0 aliphatic carbocycles. The van der Waals surface area contributed by atoms with E-state index < -0.39 is 0 Å². The van der Waals surface area contributed by atoms with Gasteiger partial charge in [0.1, 0.15) is 5.75 Å². The molecule has 2 heterocycles. The number of thiophene rings is 1. The van der Waals surface area contributed by atoms with Gasteiger partial charge >= 0.3 is 0 Å². The fraction of sp³-hybridized carbons (Fsp3) is 0.312. The van der Waals surface area contributed by atoms with Gasteiger partial charge in [-0.05, 0) is 48.1 Å². The second kappa shape index (κ2) is 5.67. The summed E-state index contributed by atoms with van der Waals surface area (Å²) in [4.78, 5) is 15.5. The molecule has 1 amide bonds. The van der Waals surface area contributed by atoms with E-state index in [2.05, 4.69) is 11.4 Å². The van der Waals surface area contributed by atoms with Gasteiger partial charge in [0, 0.05) is 18.0 Å². The highest BCUT2D eigenvalue weighted by atomic mass is 32.1. The number of carbonyl (C=O) groups excluding carboxylic acids is 1. The van der Waals surface area contributed by atoms with Gasteiger partial charge in [-0.1, -0.05) is 12.1 Å². The molecule has 0 N–H and O–H groups in total. The van der Waals surface area contributed by atoms with Crippen molar-refractivity contribution in [2.24, 2.45) is 0 Å². The Morgan fingerprint density at radius 2 is 2.30 bits per heavy atom. The first-order chi connectivity index (χ1) is 9.72. The van der Waals surface area contributed by atoms with Gasteiger partial charge in [0.2, 0.25) is 0 Å². The number of nitrogens with zero attached hydrogens (tertiary/aromatic N) is 1. The van der Waals surface area contributed by atoms with Crippen LogP contribution in [0.4, 0.5) is 0 Å². The number of hydrogen-bond acceptors (Lipinski definition) is 3. The van der Waals surface area contributed by atoms with Crippen molar-refractivity contribution in [3.8, 4) is 5.75 Å². The fourth-order valence-corrected chi connectivity index (χ4v) is 3.29. The van der Waals surface area contributed by atoms with Gasteiger partial charge in [-0.2, -0.15) is 0 Å². The second-order valence-corrected chi connectivity index (χ2v) is 6.04. The second-order valence-electron chi connectivity index (χ2n) is 5.04. The molecule has 104 valence electrons. The zero-order valence-corrected chi connectivity index (χ0v) is 12.3. The molecule has 1 aliphatic rings. The molecular formula is C16H17NO2S. The minimum Gasteiger partial charge on any atom is -0.484 e. The molecule has 1 aromatic heterocycles. The summed E-state index contributed by atoms with van der Waals surface area (Å²) in [7, 11) is 0. The van der Waals surface area contributed by atoms with E-state index in [1.807, 2.05) is 36.1 Å². The Bertz CT molecular complexity index is 620. The van der Waals surface area contributed by atoms with Crippen LogP contribution in [-0.2, 0) is 17.8 Å². The van der Waals surface area contributed by atoms with E-state index in [1.54, 1.807) is 11.3 Å². The van der Waals surface area contributed by atoms with Crippen molar-refractivity contribution in [1.82, 2.24) is 4.90 Å². The van der Waals surface area contributed by atoms with Crippen LogP contribution >= 0.6 is 11.3 Å². The first kappa shape index (κ1) is 13.2. The number of ether oxygens (including phenoxy) is 1. The third-order valence-corrected chi connectivity index (χ3v) is 4.54. The summed E-state index contributed by atoms with van der Waals surface area (Å²) in [5.74, 6) is 0.815. The van der Waals surface area contributed by atoms with E-state index in [0.29, 0.717) is 0 Å². The smallest absolute Gasteiger partial charge is 0.260 e. The van der Waals surface area contributed by atoms with Gasteiger partial charge in [-0.25, -0.2) is 0 Å². The molecule has 0 unspecified atom stereocenters. The van der Waals surface area contributed by atoms with Crippen LogP contribution in [0.25, 0.3) is 0 Å². The van der Waals surface area contributed by atoms with E-state index in [4.69, 9.17) is 4.74 Å². The Labute approximate surface area is 122 Å². The molecule has 0 fully saturated rings. The molecule has 20 heavy (non-hydrogen) atoms. The molecule has 0 radical (unpaired) electrons. The maximum absolute atomic E-state index is 12.2. The predicted octanol–water partition coefficient (Wildman–Crippen LogP) is 3.02. The molecule has 0 spiro atoms. The lowest BCUT2D eigenvalue weighted by Crippen LogP contribution is -2.38. The number of fused-ring (bicyclic) bond motifs is 1. The van der Waals surface area contributed by atoms with Gasteiger partial charge in [-0.15, -0.1) is 11.3 Å². The maximum Gasteiger partial charge on any atom is 0.260 e. The lowest BCUT2D eigenvalue weighted by molar-refractivity contribution is -0.134. The van der Waals surface area contributed by atoms with Gasteiger partial charge < -0.3 is 9.64 Å². The van der Waals surface area contributed by atoms with Crippen molar-refractivity contribution in [3.05, 3.63) is 51.7 Å². The van der Waals surface area contributed by atoms with E-state index in [0.717, 1.165) is 30.8 Å². The zero-order valence-electron chi connectivity index (χ0n) is 11.5. The molecule has 0 saturated carbocycles. The third-order valence-electron chi connectivity index (χ3n) is 3.51. The number of benzene rings is 1. The van der Waals surface area contributed by atoms with Crippen LogP contribution in [0, 0.1) is 6.92 Å².